The largest absolute Gasteiger partial charge is 2.00 e. The summed E-state index contributed by atoms with van der Waals surface area (Å²) in [5.41, 5.74) is 0. The summed E-state index contributed by atoms with van der Waals surface area (Å²) in [4.78, 5) is 47.8. The maximum Gasteiger partial charge on any atom is 2.00 e. The number of carbonyl (C=O) groups excluding carboxylic acids is 1. The van der Waals surface area contributed by atoms with E-state index in [1.54, 1.807) is 0 Å². The fourth-order valence-electron chi connectivity index (χ4n) is 0.725. The van der Waals surface area contributed by atoms with E-state index in [4.69, 9.17) is 25.5 Å². The number of phosphoric acid groups is 2. The standard InChI is InChI=1S/C6H12O6.2Mg.H4O7P2/c7-1-3(9)5(11)6(12)4(10)2-8;;;1-8(2,3)7-9(4,5)6/h3,5-9,11-12H,1-2H2;;;(H2,1,2,3)(H2,4,5,6)/q;2*+2;/p-4. The average molecular weight is 403 g/mol. The quantitative estimate of drug-likeness (QED) is 0.196. The molecule has 0 amide bonds. The molecule has 17 heteroatoms. The number of aliphatic hydroxyl groups excluding tert-OH is 5. The minimum absolute atomic E-state index is 0. The molecule has 0 saturated heterocycles. The first-order valence-corrected chi connectivity index (χ1v) is 7.71. The van der Waals surface area contributed by atoms with E-state index in [-0.39, 0.29) is 46.1 Å². The summed E-state index contributed by atoms with van der Waals surface area (Å²) in [5.74, 6) is -1.00. The third-order valence-electron chi connectivity index (χ3n) is 1.59. The van der Waals surface area contributed by atoms with Crippen LogP contribution in [0.2, 0.25) is 0 Å². The van der Waals surface area contributed by atoms with E-state index >= 15 is 0 Å². The zero-order valence-electron chi connectivity index (χ0n) is 11.5. The normalized spacial score (nSPS) is 15.0. The van der Waals surface area contributed by atoms with Crippen LogP contribution in [0.5, 0.6) is 0 Å². The van der Waals surface area contributed by atoms with E-state index in [0.717, 1.165) is 0 Å². The van der Waals surface area contributed by atoms with E-state index in [0.29, 0.717) is 0 Å². The van der Waals surface area contributed by atoms with Crippen LogP contribution in [0, 0.1) is 0 Å². The van der Waals surface area contributed by atoms with Crippen LogP contribution >= 0.6 is 15.6 Å². The van der Waals surface area contributed by atoms with Crippen molar-refractivity contribution in [2.45, 2.75) is 18.3 Å². The molecule has 0 aromatic carbocycles. The number of ketones is 1. The molecule has 0 aliphatic carbocycles. The van der Waals surface area contributed by atoms with E-state index in [1.165, 1.54) is 0 Å². The van der Waals surface area contributed by atoms with Gasteiger partial charge in [-0.05, 0) is 0 Å². The predicted octanol–water partition coefficient (Wildman–Crippen LogP) is -7.48. The number of Topliss-reactive ketones (excluding diaryl/α,β-unsaturated/α-hetero) is 1. The van der Waals surface area contributed by atoms with Crippen molar-refractivity contribution in [3.05, 3.63) is 0 Å². The van der Waals surface area contributed by atoms with Gasteiger partial charge in [-0.3, -0.25) is 4.79 Å². The molecule has 3 atom stereocenters. The van der Waals surface area contributed by atoms with Gasteiger partial charge in [0.05, 0.1) is 22.3 Å². The van der Waals surface area contributed by atoms with Crippen molar-refractivity contribution in [2.24, 2.45) is 0 Å². The Bertz CT molecular complexity index is 387. The van der Waals surface area contributed by atoms with Crippen LogP contribution in [-0.4, -0.2) is 109 Å². The van der Waals surface area contributed by atoms with Crippen LogP contribution in [0.15, 0.2) is 0 Å². The van der Waals surface area contributed by atoms with Crippen molar-refractivity contribution >= 4 is 67.5 Å². The van der Waals surface area contributed by atoms with E-state index in [9.17, 15) is 33.5 Å². The first-order valence-electron chi connectivity index (χ1n) is 4.79. The third kappa shape index (κ3) is 19.4. The molecule has 0 aromatic heterocycles. The second-order valence-corrected chi connectivity index (χ2v) is 5.73. The molecule has 0 heterocycles. The van der Waals surface area contributed by atoms with E-state index in [2.05, 4.69) is 4.31 Å². The fraction of sp³-hybridized carbons (Fsp3) is 0.833. The molecule has 0 aliphatic rings. The van der Waals surface area contributed by atoms with Gasteiger partial charge in [0.2, 0.25) is 0 Å². The molecule has 0 rings (SSSR count). The van der Waals surface area contributed by atoms with Crippen LogP contribution in [0.25, 0.3) is 0 Å². The summed E-state index contributed by atoms with van der Waals surface area (Å²) in [6, 6.07) is 0. The van der Waals surface area contributed by atoms with Gasteiger partial charge in [0.15, 0.2) is 5.78 Å². The van der Waals surface area contributed by atoms with Crippen LogP contribution in [0.4, 0.5) is 0 Å². The molecular formula is C6H12Mg2O13P2. The number of aliphatic hydroxyl groups is 5. The van der Waals surface area contributed by atoms with Gasteiger partial charge in [-0.25, -0.2) is 0 Å². The molecule has 0 radical (unpaired) electrons. The van der Waals surface area contributed by atoms with Gasteiger partial charge < -0.3 is 58.5 Å². The summed E-state index contributed by atoms with van der Waals surface area (Å²) in [7, 11) is -11.4. The molecular weight excluding hydrogens is 391 g/mol. The summed E-state index contributed by atoms with van der Waals surface area (Å²) >= 11 is 0. The summed E-state index contributed by atoms with van der Waals surface area (Å²) < 4.78 is 21.2. The monoisotopic (exact) mass is 402 g/mol. The summed E-state index contributed by atoms with van der Waals surface area (Å²) in [6.07, 6.45) is -5.22. The topological polar surface area (TPSA) is 254 Å². The zero-order chi connectivity index (χ0) is 17.4. The van der Waals surface area contributed by atoms with Crippen LogP contribution in [-0.2, 0) is 18.2 Å². The Morgan fingerprint density at radius 3 is 1.48 bits per heavy atom. The van der Waals surface area contributed by atoms with Crippen LogP contribution in [0.1, 0.15) is 0 Å². The smallest absolute Gasteiger partial charge is 0.790 e. The Kier molecular flexibility index (Phi) is 20.1. The molecule has 0 aliphatic heterocycles. The Hall–Kier alpha value is 1.26. The average Bonchev–Trinajstić information content (AvgIpc) is 2.31. The van der Waals surface area contributed by atoms with Gasteiger partial charge in [-0.15, -0.1) is 0 Å². The molecule has 23 heavy (non-hydrogen) atoms. The maximum atomic E-state index is 10.5. The van der Waals surface area contributed by atoms with Gasteiger partial charge in [0.1, 0.15) is 24.9 Å². The Balaban J connectivity index is -0.000000149. The van der Waals surface area contributed by atoms with Crippen LogP contribution in [0.3, 0.4) is 0 Å². The number of hydrogen-bond acceptors (Lipinski definition) is 13. The number of rotatable bonds is 7. The Labute approximate surface area is 162 Å². The van der Waals surface area contributed by atoms with Gasteiger partial charge in [0.25, 0.3) is 0 Å². The Morgan fingerprint density at radius 1 is 0.957 bits per heavy atom. The van der Waals surface area contributed by atoms with Crippen molar-refractivity contribution in [2.75, 3.05) is 13.2 Å². The molecule has 0 spiro atoms. The molecule has 0 fully saturated rings. The molecule has 0 saturated carbocycles. The second kappa shape index (κ2) is 14.4. The number of carbonyl (C=O) groups is 1. The van der Waals surface area contributed by atoms with Crippen molar-refractivity contribution in [3.8, 4) is 0 Å². The minimum Gasteiger partial charge on any atom is -0.790 e. The van der Waals surface area contributed by atoms with Crippen molar-refractivity contribution in [3.63, 3.8) is 0 Å². The van der Waals surface area contributed by atoms with Crippen molar-refractivity contribution in [1.29, 1.82) is 0 Å². The third-order valence-corrected chi connectivity index (χ3v) is 3.19. The fourth-order valence-corrected chi connectivity index (χ4v) is 1.70. The second-order valence-electron chi connectivity index (χ2n) is 3.29. The Morgan fingerprint density at radius 2 is 1.30 bits per heavy atom. The minimum atomic E-state index is -5.68. The molecule has 3 unspecified atom stereocenters. The summed E-state index contributed by atoms with van der Waals surface area (Å²) in [5, 5.41) is 43.1. The SMILES string of the molecule is O=C(CO)C(O)C(O)C(O)CO.O=P([O-])([O-])OP(=O)([O-])[O-].[Mg+2].[Mg+2]. The molecule has 0 aromatic rings. The van der Waals surface area contributed by atoms with E-state index < -0.39 is 53.0 Å². The first-order chi connectivity index (χ1) is 9.25. The zero-order valence-corrected chi connectivity index (χ0v) is 16.1. The first kappa shape index (κ1) is 32.0. The van der Waals surface area contributed by atoms with E-state index in [1.807, 2.05) is 0 Å². The van der Waals surface area contributed by atoms with Gasteiger partial charge in [0, 0.05) is 0 Å². The number of hydrogen-bond donors (Lipinski definition) is 5. The predicted molar refractivity (Wildman–Crippen MR) is 65.0 cm³/mol. The van der Waals surface area contributed by atoms with Crippen molar-refractivity contribution in [1.82, 2.24) is 0 Å². The maximum absolute atomic E-state index is 10.5. The molecule has 13 nitrogen and oxygen atoms in total. The van der Waals surface area contributed by atoms with Crippen molar-refractivity contribution < 1.29 is 63.3 Å². The van der Waals surface area contributed by atoms with Gasteiger partial charge in [-0.1, -0.05) is 0 Å². The molecule has 0 bridgehead atoms. The van der Waals surface area contributed by atoms with Gasteiger partial charge >= 0.3 is 46.1 Å². The van der Waals surface area contributed by atoms with Gasteiger partial charge in [-0.2, -0.15) is 0 Å². The summed E-state index contributed by atoms with van der Waals surface area (Å²) in [6.45, 7) is -1.69. The molecule has 128 valence electrons. The molecule has 5 N–H and O–H groups in total. The van der Waals surface area contributed by atoms with Crippen LogP contribution < -0.4 is 19.6 Å².